The second-order valence-corrected chi connectivity index (χ2v) is 8.72. The Morgan fingerprint density at radius 3 is 2.91 bits per heavy atom. The summed E-state index contributed by atoms with van der Waals surface area (Å²) in [4.78, 5) is 15.7. The highest BCUT2D eigenvalue weighted by molar-refractivity contribution is 9.10. The van der Waals surface area contributed by atoms with Crippen molar-refractivity contribution in [1.82, 2.24) is 15.2 Å². The first-order valence-corrected chi connectivity index (χ1v) is 11.4. The van der Waals surface area contributed by atoms with E-state index < -0.39 is 18.8 Å². The molecule has 0 amide bonds. The maximum absolute atomic E-state index is 11.1. The molecule has 1 aliphatic rings. The monoisotopic (exact) mass is 518 g/mol. The molecule has 4 rings (SSSR count). The van der Waals surface area contributed by atoms with E-state index in [1.54, 1.807) is 18.2 Å². The number of halogens is 1. The van der Waals surface area contributed by atoms with Crippen molar-refractivity contribution in [3.05, 3.63) is 46.4 Å². The lowest BCUT2D eigenvalue weighted by Gasteiger charge is -2.22. The number of anilines is 1. The van der Waals surface area contributed by atoms with Crippen molar-refractivity contribution in [3.63, 3.8) is 0 Å². The number of hydrogen-bond donors (Lipinski definition) is 2. The van der Waals surface area contributed by atoms with Gasteiger partial charge in [-0.05, 0) is 36.1 Å². The number of aromatic nitrogens is 3. The maximum atomic E-state index is 11.1. The third-order valence-electron chi connectivity index (χ3n) is 4.51. The zero-order valence-corrected chi connectivity index (χ0v) is 19.6. The van der Waals surface area contributed by atoms with Crippen molar-refractivity contribution in [2.45, 2.75) is 18.3 Å². The topological polar surface area (TPSA) is 116 Å². The highest BCUT2D eigenvalue weighted by Gasteiger charge is 2.29. The van der Waals surface area contributed by atoms with Crippen LogP contribution < -0.4 is 19.5 Å². The van der Waals surface area contributed by atoms with Gasteiger partial charge in [-0.2, -0.15) is 4.98 Å². The molecule has 0 saturated heterocycles. The van der Waals surface area contributed by atoms with Crippen LogP contribution in [-0.4, -0.2) is 45.7 Å². The van der Waals surface area contributed by atoms with E-state index in [0.29, 0.717) is 28.0 Å². The summed E-state index contributed by atoms with van der Waals surface area (Å²) in [6, 6.07) is 10.9. The first-order chi connectivity index (χ1) is 15.5. The van der Waals surface area contributed by atoms with Crippen LogP contribution in [0.15, 0.2) is 46.0 Å². The first kappa shape index (κ1) is 22.2. The quantitative estimate of drug-likeness (QED) is 0.436. The number of aliphatic carboxylic acids is 1. The van der Waals surface area contributed by atoms with E-state index in [0.717, 1.165) is 21.5 Å². The summed E-state index contributed by atoms with van der Waals surface area (Å²) < 4.78 is 18.1. The maximum Gasteiger partial charge on any atom is 0.341 e. The number of nitrogens with zero attached hydrogens (tertiary/aromatic N) is 3. The number of rotatable bonds is 7. The minimum absolute atomic E-state index is 0.266. The van der Waals surface area contributed by atoms with E-state index in [1.807, 2.05) is 25.1 Å². The molecule has 11 heteroatoms. The number of carboxylic acid groups (broad SMARTS) is 1. The summed E-state index contributed by atoms with van der Waals surface area (Å²) in [6.07, 6.45) is -0.758. The fourth-order valence-corrected chi connectivity index (χ4v) is 4.05. The lowest BCUT2D eigenvalue weighted by Crippen LogP contribution is -2.20. The zero-order chi connectivity index (χ0) is 22.7. The number of carbonyl (C=O) groups is 1. The third-order valence-corrected chi connectivity index (χ3v) is 5.73. The highest BCUT2D eigenvalue weighted by atomic mass is 79.9. The molecule has 166 valence electrons. The van der Waals surface area contributed by atoms with Gasteiger partial charge in [0.2, 0.25) is 17.3 Å². The lowest BCUT2D eigenvalue weighted by molar-refractivity contribution is -0.139. The summed E-state index contributed by atoms with van der Waals surface area (Å²) in [5, 5.41) is 21.5. The van der Waals surface area contributed by atoms with Crippen molar-refractivity contribution >= 4 is 39.3 Å². The van der Waals surface area contributed by atoms with Gasteiger partial charge in [0, 0.05) is 15.7 Å². The van der Waals surface area contributed by atoms with Crippen molar-refractivity contribution < 1.29 is 24.1 Å². The Labute approximate surface area is 196 Å². The van der Waals surface area contributed by atoms with Crippen LogP contribution in [0.4, 0.5) is 5.69 Å². The van der Waals surface area contributed by atoms with E-state index in [4.69, 9.17) is 19.3 Å². The standard InChI is InChI=1S/C21H19BrN4O5S/c1-3-32-21-24-20-17(25-26-21)13-9-11(22)7-8-14(13)23-19(31-20)12-5-4-6-15(29-2)18(12)30-10-16(27)28/h4-9,19,23H,3,10H2,1-2H3,(H,27,28)/t19-/m1/s1. The molecule has 2 N–H and O–H groups in total. The molecule has 1 aromatic heterocycles. The van der Waals surface area contributed by atoms with Crippen LogP contribution in [0.5, 0.6) is 17.4 Å². The molecule has 0 radical (unpaired) electrons. The van der Waals surface area contributed by atoms with Gasteiger partial charge in [-0.15, -0.1) is 10.2 Å². The van der Waals surface area contributed by atoms with Gasteiger partial charge in [0.25, 0.3) is 0 Å². The van der Waals surface area contributed by atoms with Gasteiger partial charge in [-0.3, -0.25) is 0 Å². The average Bonchev–Trinajstić information content (AvgIpc) is 2.93. The minimum atomic E-state index is -1.10. The Morgan fingerprint density at radius 2 is 2.16 bits per heavy atom. The predicted octanol–water partition coefficient (Wildman–Crippen LogP) is 4.39. The normalized spacial score (nSPS) is 14.3. The predicted molar refractivity (Wildman–Crippen MR) is 122 cm³/mol. The number of ether oxygens (including phenoxy) is 3. The summed E-state index contributed by atoms with van der Waals surface area (Å²) in [6.45, 7) is 1.47. The molecule has 0 aliphatic carbocycles. The number of carboxylic acids is 1. The first-order valence-electron chi connectivity index (χ1n) is 9.62. The number of thioether (sulfide) groups is 1. The van der Waals surface area contributed by atoms with Gasteiger partial charge in [0.1, 0.15) is 0 Å². The molecule has 0 fully saturated rings. The Balaban J connectivity index is 1.84. The van der Waals surface area contributed by atoms with Gasteiger partial charge >= 0.3 is 5.97 Å². The summed E-state index contributed by atoms with van der Waals surface area (Å²) in [5.41, 5.74) is 2.56. The van der Waals surface area contributed by atoms with Gasteiger partial charge in [-0.25, -0.2) is 4.79 Å². The second kappa shape index (κ2) is 9.61. The highest BCUT2D eigenvalue weighted by Crippen LogP contribution is 2.43. The van der Waals surface area contributed by atoms with Crippen LogP contribution in [0.3, 0.4) is 0 Å². The zero-order valence-electron chi connectivity index (χ0n) is 17.2. The third kappa shape index (κ3) is 4.58. The molecular formula is C21H19BrN4O5S. The molecule has 3 aromatic rings. The van der Waals surface area contributed by atoms with E-state index in [2.05, 4.69) is 36.4 Å². The number of fused-ring (bicyclic) bond motifs is 3. The van der Waals surface area contributed by atoms with Gasteiger partial charge in [0.05, 0.1) is 12.7 Å². The summed E-state index contributed by atoms with van der Waals surface area (Å²) in [7, 11) is 1.49. The second-order valence-electron chi connectivity index (χ2n) is 6.57. The molecule has 0 spiro atoms. The van der Waals surface area contributed by atoms with E-state index >= 15 is 0 Å². The van der Waals surface area contributed by atoms with Crippen LogP contribution in [0.2, 0.25) is 0 Å². The molecular weight excluding hydrogens is 500 g/mol. The van der Waals surface area contributed by atoms with Crippen LogP contribution in [0.25, 0.3) is 11.3 Å². The smallest absolute Gasteiger partial charge is 0.341 e. The summed E-state index contributed by atoms with van der Waals surface area (Å²) >= 11 is 4.95. The van der Waals surface area contributed by atoms with Crippen molar-refractivity contribution in [1.29, 1.82) is 0 Å². The fraction of sp³-hybridized carbons (Fsp3) is 0.238. The van der Waals surface area contributed by atoms with Crippen molar-refractivity contribution in [2.24, 2.45) is 0 Å². The molecule has 0 saturated carbocycles. The van der Waals surface area contributed by atoms with Gasteiger partial charge in [-0.1, -0.05) is 40.7 Å². The molecule has 1 aliphatic heterocycles. The minimum Gasteiger partial charge on any atom is -0.493 e. The Morgan fingerprint density at radius 1 is 1.31 bits per heavy atom. The fourth-order valence-electron chi connectivity index (χ4n) is 3.19. The van der Waals surface area contributed by atoms with Crippen molar-refractivity contribution in [2.75, 3.05) is 24.8 Å². The molecule has 2 aromatic carbocycles. The molecule has 32 heavy (non-hydrogen) atoms. The number of nitrogens with one attached hydrogen (secondary N) is 1. The largest absolute Gasteiger partial charge is 0.493 e. The lowest BCUT2D eigenvalue weighted by atomic mass is 10.1. The van der Waals surface area contributed by atoms with E-state index in [-0.39, 0.29) is 5.75 Å². The van der Waals surface area contributed by atoms with Crippen LogP contribution in [-0.2, 0) is 4.79 Å². The van der Waals surface area contributed by atoms with Gasteiger partial charge in [0.15, 0.2) is 23.8 Å². The number of benzene rings is 2. The summed E-state index contributed by atoms with van der Waals surface area (Å²) in [5.74, 6) is 0.639. The van der Waals surface area contributed by atoms with Crippen LogP contribution >= 0.6 is 27.7 Å². The Hall–Kier alpha value is -3.05. The Bertz CT molecular complexity index is 1160. The average molecular weight is 519 g/mol. The number of hydrogen-bond acceptors (Lipinski definition) is 9. The Kier molecular flexibility index (Phi) is 6.66. The van der Waals surface area contributed by atoms with Crippen molar-refractivity contribution in [3.8, 4) is 28.6 Å². The molecule has 0 bridgehead atoms. The van der Waals surface area contributed by atoms with E-state index in [9.17, 15) is 4.79 Å². The van der Waals surface area contributed by atoms with Gasteiger partial charge < -0.3 is 24.6 Å². The van der Waals surface area contributed by atoms with E-state index in [1.165, 1.54) is 18.9 Å². The SMILES string of the molecule is CCSc1nnc2c(n1)O[C@H](c1cccc(OC)c1OCC(=O)O)Nc1ccc(Br)cc1-2. The van der Waals surface area contributed by atoms with Crippen LogP contribution in [0.1, 0.15) is 18.7 Å². The molecule has 9 nitrogen and oxygen atoms in total. The molecule has 1 atom stereocenters. The van der Waals surface area contributed by atoms with Crippen LogP contribution in [0, 0.1) is 0 Å². The number of methoxy groups -OCH3 is 1. The molecule has 0 unspecified atom stereocenters. The number of para-hydroxylation sites is 1. The molecule has 2 heterocycles.